The molecule has 3 rings (SSSR count). The summed E-state index contributed by atoms with van der Waals surface area (Å²) in [5.41, 5.74) is 3.17. The second-order valence-electron chi connectivity index (χ2n) is 7.01. The van der Waals surface area contributed by atoms with Crippen LogP contribution in [0.25, 0.3) is 0 Å². The maximum absolute atomic E-state index is 12.7. The van der Waals surface area contributed by atoms with Crippen LogP contribution in [-0.2, 0) is 13.6 Å². The van der Waals surface area contributed by atoms with Crippen LogP contribution in [0, 0.1) is 13.8 Å². The molecular formula is C22H24ClN3O3. The number of hydrogen-bond acceptors (Lipinski definition) is 3. The minimum Gasteiger partial charge on any atom is -0.486 e. The van der Waals surface area contributed by atoms with E-state index < -0.39 is 0 Å². The van der Waals surface area contributed by atoms with Crippen molar-refractivity contribution in [3.05, 3.63) is 85.8 Å². The van der Waals surface area contributed by atoms with Gasteiger partial charge in [-0.3, -0.25) is 19.4 Å². The summed E-state index contributed by atoms with van der Waals surface area (Å²) in [5, 5.41) is 5.94. The fraction of sp³-hybridized carbons (Fsp3) is 0.273. The van der Waals surface area contributed by atoms with Crippen molar-refractivity contribution in [2.45, 2.75) is 33.4 Å². The Morgan fingerprint density at radius 2 is 1.93 bits per heavy atom. The van der Waals surface area contributed by atoms with Crippen LogP contribution >= 0.6 is 11.6 Å². The number of H-pyrrole nitrogens is 1. The Balaban J connectivity index is 1.76. The first-order valence-electron chi connectivity index (χ1n) is 9.32. The summed E-state index contributed by atoms with van der Waals surface area (Å²) in [6.45, 7) is 5.74. The lowest BCUT2D eigenvalue weighted by Crippen LogP contribution is -2.26. The molecule has 7 heteroatoms. The second kappa shape index (κ2) is 8.57. The van der Waals surface area contributed by atoms with E-state index >= 15 is 0 Å². The number of nitrogens with zero attached hydrogens (tertiary/aromatic N) is 1. The number of carbonyl (C=O) groups is 1. The van der Waals surface area contributed by atoms with Crippen molar-refractivity contribution in [2.24, 2.45) is 7.05 Å². The highest BCUT2D eigenvalue weighted by atomic mass is 35.5. The molecule has 0 aliphatic rings. The molecule has 0 bridgehead atoms. The van der Waals surface area contributed by atoms with E-state index in [2.05, 4.69) is 10.4 Å². The predicted molar refractivity (Wildman–Crippen MR) is 114 cm³/mol. The summed E-state index contributed by atoms with van der Waals surface area (Å²) in [7, 11) is 1.75. The number of benzene rings is 2. The van der Waals surface area contributed by atoms with Gasteiger partial charge in [0.2, 0.25) is 0 Å². The van der Waals surface area contributed by atoms with Gasteiger partial charge in [-0.15, -0.1) is 0 Å². The van der Waals surface area contributed by atoms with Gasteiger partial charge in [-0.05, 0) is 44.5 Å². The van der Waals surface area contributed by atoms with Gasteiger partial charge in [-0.25, -0.2) is 0 Å². The van der Waals surface area contributed by atoms with Gasteiger partial charge in [0.25, 0.3) is 11.5 Å². The Morgan fingerprint density at radius 1 is 1.24 bits per heavy atom. The first-order chi connectivity index (χ1) is 13.8. The van der Waals surface area contributed by atoms with Crippen molar-refractivity contribution in [1.82, 2.24) is 15.1 Å². The van der Waals surface area contributed by atoms with E-state index in [1.807, 2.05) is 57.2 Å². The lowest BCUT2D eigenvalue weighted by atomic mass is 10.0. The zero-order chi connectivity index (χ0) is 21.1. The largest absolute Gasteiger partial charge is 0.486 e. The molecule has 0 saturated carbocycles. The molecule has 6 nitrogen and oxygen atoms in total. The summed E-state index contributed by atoms with van der Waals surface area (Å²) < 4.78 is 7.58. The molecular weight excluding hydrogens is 390 g/mol. The number of aromatic nitrogens is 2. The Bertz CT molecular complexity index is 1090. The average Bonchev–Trinajstić information content (AvgIpc) is 2.93. The molecule has 1 aromatic heterocycles. The molecule has 0 saturated heterocycles. The van der Waals surface area contributed by atoms with Crippen molar-refractivity contribution in [3.63, 3.8) is 0 Å². The third-order valence-electron chi connectivity index (χ3n) is 4.99. The maximum Gasteiger partial charge on any atom is 0.269 e. The van der Waals surface area contributed by atoms with E-state index in [1.54, 1.807) is 17.8 Å². The summed E-state index contributed by atoms with van der Waals surface area (Å²) in [5.74, 6) is 0.467. The fourth-order valence-corrected chi connectivity index (χ4v) is 3.49. The van der Waals surface area contributed by atoms with E-state index in [9.17, 15) is 9.59 Å². The van der Waals surface area contributed by atoms with Gasteiger partial charge >= 0.3 is 0 Å². The number of halogens is 1. The van der Waals surface area contributed by atoms with Crippen LogP contribution < -0.4 is 15.6 Å². The quantitative estimate of drug-likeness (QED) is 0.640. The smallest absolute Gasteiger partial charge is 0.269 e. The van der Waals surface area contributed by atoms with Crippen LogP contribution in [0.1, 0.15) is 45.8 Å². The molecule has 0 aliphatic carbocycles. The Hall–Kier alpha value is -2.99. The third-order valence-corrected chi connectivity index (χ3v) is 5.32. The standard InChI is InChI=1S/C22H24ClN3O3/c1-13-10-18(15(3)29-16-8-6-5-7-9-16)20(23)11-17(13)21(27)24-12-19-14(2)26(4)25-22(19)28/h5-11,15H,12H2,1-4H3,(H,24,27)(H,25,28). The van der Waals surface area contributed by atoms with E-state index in [0.29, 0.717) is 16.1 Å². The lowest BCUT2D eigenvalue weighted by molar-refractivity contribution is 0.0950. The van der Waals surface area contributed by atoms with Crippen LogP contribution in [0.5, 0.6) is 5.75 Å². The first kappa shape index (κ1) is 20.7. The summed E-state index contributed by atoms with van der Waals surface area (Å²) in [4.78, 5) is 24.6. The summed E-state index contributed by atoms with van der Waals surface area (Å²) >= 11 is 6.46. The molecule has 3 aromatic rings. The Kier molecular flexibility index (Phi) is 6.13. The van der Waals surface area contributed by atoms with Gasteiger partial charge in [-0.2, -0.15) is 0 Å². The number of amides is 1. The summed E-state index contributed by atoms with van der Waals surface area (Å²) in [6.07, 6.45) is -0.272. The van der Waals surface area contributed by atoms with Crippen LogP contribution in [0.3, 0.4) is 0 Å². The molecule has 1 atom stereocenters. The van der Waals surface area contributed by atoms with Crippen LogP contribution in [0.15, 0.2) is 47.3 Å². The number of para-hydroxylation sites is 1. The molecule has 0 spiro atoms. The number of hydrogen-bond donors (Lipinski definition) is 2. The normalized spacial score (nSPS) is 11.9. The van der Waals surface area contributed by atoms with Crippen molar-refractivity contribution in [1.29, 1.82) is 0 Å². The van der Waals surface area contributed by atoms with Crippen molar-refractivity contribution >= 4 is 17.5 Å². The molecule has 152 valence electrons. The van der Waals surface area contributed by atoms with Gasteiger partial charge in [0.1, 0.15) is 11.9 Å². The molecule has 0 radical (unpaired) electrons. The van der Waals surface area contributed by atoms with Gasteiger partial charge < -0.3 is 10.1 Å². The van der Waals surface area contributed by atoms with Gasteiger partial charge in [-0.1, -0.05) is 35.9 Å². The van der Waals surface area contributed by atoms with E-state index in [4.69, 9.17) is 16.3 Å². The Labute approximate surface area is 174 Å². The van der Waals surface area contributed by atoms with Gasteiger partial charge in [0, 0.05) is 28.9 Å². The number of nitrogens with one attached hydrogen (secondary N) is 2. The molecule has 29 heavy (non-hydrogen) atoms. The number of ether oxygens (including phenoxy) is 1. The number of carbonyl (C=O) groups excluding carboxylic acids is 1. The highest BCUT2D eigenvalue weighted by molar-refractivity contribution is 6.31. The molecule has 1 unspecified atom stereocenters. The molecule has 1 heterocycles. The Morgan fingerprint density at radius 3 is 2.55 bits per heavy atom. The van der Waals surface area contributed by atoms with Crippen LogP contribution in [-0.4, -0.2) is 15.7 Å². The topological polar surface area (TPSA) is 76.1 Å². The van der Waals surface area contributed by atoms with Gasteiger partial charge in [0.15, 0.2) is 0 Å². The van der Waals surface area contributed by atoms with E-state index in [0.717, 1.165) is 22.6 Å². The average molecular weight is 414 g/mol. The molecule has 0 fully saturated rings. The molecule has 2 aromatic carbocycles. The van der Waals surface area contributed by atoms with E-state index in [1.165, 1.54) is 0 Å². The number of aryl methyl sites for hydroxylation is 2. The fourth-order valence-electron chi connectivity index (χ4n) is 3.17. The lowest BCUT2D eigenvalue weighted by Gasteiger charge is -2.18. The third kappa shape index (κ3) is 4.54. The second-order valence-corrected chi connectivity index (χ2v) is 7.42. The maximum atomic E-state index is 12.7. The number of rotatable bonds is 6. The first-order valence-corrected chi connectivity index (χ1v) is 9.70. The van der Waals surface area contributed by atoms with Crippen molar-refractivity contribution < 1.29 is 9.53 Å². The van der Waals surface area contributed by atoms with Crippen molar-refractivity contribution in [2.75, 3.05) is 0 Å². The minimum absolute atomic E-state index is 0.146. The highest BCUT2D eigenvalue weighted by Crippen LogP contribution is 2.30. The van der Waals surface area contributed by atoms with Crippen LogP contribution in [0.4, 0.5) is 0 Å². The molecule has 1 amide bonds. The number of aromatic amines is 1. The monoisotopic (exact) mass is 413 g/mol. The zero-order valence-electron chi connectivity index (χ0n) is 16.9. The SMILES string of the molecule is Cc1cc(C(C)Oc2ccccc2)c(Cl)cc1C(=O)NCc1c(C)n(C)[nH]c1=O. The molecule has 0 aliphatic heterocycles. The van der Waals surface area contributed by atoms with E-state index in [-0.39, 0.29) is 24.1 Å². The molecule has 2 N–H and O–H groups in total. The summed E-state index contributed by atoms with van der Waals surface area (Å²) in [6, 6.07) is 13.0. The van der Waals surface area contributed by atoms with Crippen LogP contribution in [0.2, 0.25) is 5.02 Å². The van der Waals surface area contributed by atoms with Crippen molar-refractivity contribution in [3.8, 4) is 5.75 Å². The predicted octanol–water partition coefficient (Wildman–Crippen LogP) is 4.05. The van der Waals surface area contributed by atoms with Gasteiger partial charge in [0.05, 0.1) is 12.1 Å². The minimum atomic E-state index is -0.282. The highest BCUT2D eigenvalue weighted by Gasteiger charge is 2.18. The zero-order valence-corrected chi connectivity index (χ0v) is 17.6.